The normalized spacial score (nSPS) is 15.0. The van der Waals surface area contributed by atoms with E-state index < -0.39 is 0 Å². The second kappa shape index (κ2) is 7.86. The first kappa shape index (κ1) is 19.8. The van der Waals surface area contributed by atoms with Gasteiger partial charge in [0.25, 0.3) is 5.91 Å². The first-order valence-corrected chi connectivity index (χ1v) is 11.3. The number of fused-ring (bicyclic) bond motifs is 2. The van der Waals surface area contributed by atoms with Gasteiger partial charge in [-0.3, -0.25) is 9.78 Å². The summed E-state index contributed by atoms with van der Waals surface area (Å²) in [6.45, 7) is 7.98. The zero-order chi connectivity index (χ0) is 21.5. The third kappa shape index (κ3) is 3.73. The van der Waals surface area contributed by atoms with Crippen LogP contribution in [-0.4, -0.2) is 54.1 Å². The highest BCUT2D eigenvalue weighted by Gasteiger charge is 2.25. The SMILES string of the molecule is Cc1nc(N2CC[NH+](C)CC2)c2c(C)c(C(=O)Nc3cnc4ccccc4c3)sc2n1. The Morgan fingerprint density at radius 3 is 2.74 bits per heavy atom. The first-order chi connectivity index (χ1) is 15.0. The number of thiophene rings is 1. The molecule has 4 aromatic rings. The highest BCUT2D eigenvalue weighted by molar-refractivity contribution is 7.20. The van der Waals surface area contributed by atoms with Crippen molar-refractivity contribution < 1.29 is 9.69 Å². The van der Waals surface area contributed by atoms with Crippen LogP contribution in [0, 0.1) is 13.8 Å². The zero-order valence-corrected chi connectivity index (χ0v) is 18.7. The molecule has 0 atom stereocenters. The molecule has 1 fully saturated rings. The van der Waals surface area contributed by atoms with Crippen LogP contribution in [0.1, 0.15) is 21.1 Å². The Balaban J connectivity index is 1.50. The summed E-state index contributed by atoms with van der Waals surface area (Å²) >= 11 is 1.43. The van der Waals surface area contributed by atoms with Crippen molar-refractivity contribution in [2.75, 3.05) is 43.4 Å². The second-order valence-corrected chi connectivity index (χ2v) is 9.14. The number of hydrogen-bond donors (Lipinski definition) is 2. The molecular formula is C23H25N6OS+. The number of anilines is 2. The summed E-state index contributed by atoms with van der Waals surface area (Å²) in [5.74, 6) is 1.56. The number of piperazine rings is 1. The van der Waals surface area contributed by atoms with Crippen molar-refractivity contribution in [1.29, 1.82) is 0 Å². The highest BCUT2D eigenvalue weighted by Crippen LogP contribution is 2.36. The van der Waals surface area contributed by atoms with Gasteiger partial charge in [-0.05, 0) is 31.5 Å². The molecule has 1 amide bonds. The average molecular weight is 434 g/mol. The number of carbonyl (C=O) groups is 1. The number of amides is 1. The van der Waals surface area contributed by atoms with Gasteiger partial charge in [-0.1, -0.05) is 18.2 Å². The van der Waals surface area contributed by atoms with Crippen molar-refractivity contribution in [1.82, 2.24) is 15.0 Å². The van der Waals surface area contributed by atoms with E-state index >= 15 is 0 Å². The molecule has 0 spiro atoms. The Kier molecular flexibility index (Phi) is 5.03. The van der Waals surface area contributed by atoms with Gasteiger partial charge in [0.05, 0.1) is 60.9 Å². The van der Waals surface area contributed by atoms with Crippen LogP contribution in [0.2, 0.25) is 0 Å². The minimum Gasteiger partial charge on any atom is -0.345 e. The molecule has 1 aliphatic rings. The number of carbonyl (C=O) groups excluding carboxylic acids is 1. The summed E-state index contributed by atoms with van der Waals surface area (Å²) in [5, 5.41) is 5.01. The van der Waals surface area contributed by atoms with Crippen molar-refractivity contribution in [3.05, 3.63) is 52.8 Å². The van der Waals surface area contributed by atoms with Gasteiger partial charge in [-0.25, -0.2) is 9.97 Å². The van der Waals surface area contributed by atoms with E-state index in [0.717, 1.165) is 64.5 Å². The number of para-hydroxylation sites is 1. The molecule has 1 aromatic carbocycles. The number of benzene rings is 1. The molecule has 3 aromatic heterocycles. The van der Waals surface area contributed by atoms with Crippen molar-refractivity contribution in [3.63, 3.8) is 0 Å². The van der Waals surface area contributed by atoms with E-state index in [1.54, 1.807) is 6.20 Å². The molecule has 31 heavy (non-hydrogen) atoms. The van der Waals surface area contributed by atoms with E-state index in [2.05, 4.69) is 27.2 Å². The largest absolute Gasteiger partial charge is 0.345 e. The lowest BCUT2D eigenvalue weighted by Gasteiger charge is -2.31. The van der Waals surface area contributed by atoms with Crippen LogP contribution < -0.4 is 15.1 Å². The third-order valence-corrected chi connectivity index (χ3v) is 7.04. The van der Waals surface area contributed by atoms with Gasteiger partial charge in [0.1, 0.15) is 16.5 Å². The maximum absolute atomic E-state index is 13.2. The van der Waals surface area contributed by atoms with Crippen LogP contribution in [0.5, 0.6) is 0 Å². The van der Waals surface area contributed by atoms with E-state index in [1.807, 2.05) is 44.2 Å². The van der Waals surface area contributed by atoms with Gasteiger partial charge >= 0.3 is 0 Å². The van der Waals surface area contributed by atoms with E-state index in [4.69, 9.17) is 4.98 Å². The molecule has 0 aliphatic carbocycles. The second-order valence-electron chi connectivity index (χ2n) is 8.15. The van der Waals surface area contributed by atoms with Gasteiger partial charge in [0, 0.05) is 5.39 Å². The van der Waals surface area contributed by atoms with Gasteiger partial charge in [-0.15, -0.1) is 11.3 Å². The lowest BCUT2D eigenvalue weighted by atomic mass is 10.1. The van der Waals surface area contributed by atoms with Crippen LogP contribution in [0.25, 0.3) is 21.1 Å². The maximum atomic E-state index is 13.2. The van der Waals surface area contributed by atoms with Crippen molar-refractivity contribution in [2.24, 2.45) is 0 Å². The fourth-order valence-electron chi connectivity index (χ4n) is 4.09. The van der Waals surface area contributed by atoms with Gasteiger partial charge in [0.15, 0.2) is 0 Å². The standard InChI is InChI=1S/C23H24N6OS/c1-14-19-21(29-10-8-28(3)9-11-29)25-15(2)26-23(19)31-20(14)22(30)27-17-12-16-6-4-5-7-18(16)24-13-17/h4-7,12-13H,8-11H2,1-3H3,(H,27,30)/p+1. The Labute approximate surface area is 184 Å². The van der Waals surface area contributed by atoms with Crippen LogP contribution in [0.4, 0.5) is 11.5 Å². The molecule has 0 bridgehead atoms. The van der Waals surface area contributed by atoms with E-state index in [-0.39, 0.29) is 5.91 Å². The topological polar surface area (TPSA) is 75.5 Å². The van der Waals surface area contributed by atoms with Crippen LogP contribution in [-0.2, 0) is 0 Å². The summed E-state index contributed by atoms with van der Waals surface area (Å²) in [6, 6.07) is 9.82. The predicted molar refractivity (Wildman–Crippen MR) is 125 cm³/mol. The Morgan fingerprint density at radius 1 is 1.16 bits per heavy atom. The van der Waals surface area contributed by atoms with Crippen molar-refractivity contribution in [2.45, 2.75) is 13.8 Å². The molecule has 2 N–H and O–H groups in total. The molecule has 0 radical (unpaired) electrons. The van der Waals surface area contributed by atoms with E-state index in [0.29, 0.717) is 10.6 Å². The molecule has 5 rings (SSSR count). The first-order valence-electron chi connectivity index (χ1n) is 10.5. The number of hydrogen-bond acceptors (Lipinski definition) is 6. The van der Waals surface area contributed by atoms with Gasteiger partial charge in [-0.2, -0.15) is 0 Å². The molecule has 4 heterocycles. The summed E-state index contributed by atoms with van der Waals surface area (Å²) < 4.78 is 0. The Bertz CT molecular complexity index is 1290. The number of pyridine rings is 1. The van der Waals surface area contributed by atoms with Crippen molar-refractivity contribution >= 4 is 49.9 Å². The van der Waals surface area contributed by atoms with Crippen molar-refractivity contribution in [3.8, 4) is 0 Å². The van der Waals surface area contributed by atoms with Gasteiger partial charge < -0.3 is 15.1 Å². The molecule has 1 aliphatic heterocycles. The summed E-state index contributed by atoms with van der Waals surface area (Å²) in [4.78, 5) is 32.4. The zero-order valence-electron chi connectivity index (χ0n) is 17.9. The number of aromatic nitrogens is 3. The third-order valence-electron chi connectivity index (χ3n) is 5.85. The fourth-order valence-corrected chi connectivity index (χ4v) is 5.21. The summed E-state index contributed by atoms with van der Waals surface area (Å²) in [6.07, 6.45) is 1.70. The number of aryl methyl sites for hydroxylation is 2. The Hall–Kier alpha value is -3.10. The average Bonchev–Trinajstić information content (AvgIpc) is 3.10. The Morgan fingerprint density at radius 2 is 1.94 bits per heavy atom. The molecular weight excluding hydrogens is 408 g/mol. The highest BCUT2D eigenvalue weighted by atomic mass is 32.1. The predicted octanol–water partition coefficient (Wildman–Crippen LogP) is 2.44. The number of nitrogens with one attached hydrogen (secondary N) is 2. The number of quaternary nitrogens is 1. The number of likely N-dealkylation sites (N-methyl/N-ethyl adjacent to an activating group) is 1. The molecule has 7 nitrogen and oxygen atoms in total. The fraction of sp³-hybridized carbons (Fsp3) is 0.304. The lowest BCUT2D eigenvalue weighted by molar-refractivity contribution is -0.880. The van der Waals surface area contributed by atoms with Crippen LogP contribution in [0.3, 0.4) is 0 Å². The summed E-state index contributed by atoms with van der Waals surface area (Å²) in [7, 11) is 2.22. The molecule has 0 unspecified atom stereocenters. The van der Waals surface area contributed by atoms with Gasteiger partial charge in [0.2, 0.25) is 0 Å². The minimum absolute atomic E-state index is 0.135. The van der Waals surface area contributed by atoms with Crippen LogP contribution in [0.15, 0.2) is 36.5 Å². The smallest absolute Gasteiger partial charge is 0.266 e. The molecule has 0 saturated carbocycles. The molecule has 158 valence electrons. The lowest BCUT2D eigenvalue weighted by Crippen LogP contribution is -3.12. The monoisotopic (exact) mass is 433 g/mol. The van der Waals surface area contributed by atoms with E-state index in [1.165, 1.54) is 16.2 Å². The molecule has 8 heteroatoms. The van der Waals surface area contributed by atoms with Crippen LogP contribution >= 0.6 is 11.3 Å². The quantitative estimate of drug-likeness (QED) is 0.519. The van der Waals surface area contributed by atoms with E-state index in [9.17, 15) is 4.79 Å². The molecule has 1 saturated heterocycles. The minimum atomic E-state index is -0.135. The summed E-state index contributed by atoms with van der Waals surface area (Å²) in [5.41, 5.74) is 2.53. The number of nitrogens with zero attached hydrogens (tertiary/aromatic N) is 4. The maximum Gasteiger partial charge on any atom is 0.266 e. The number of rotatable bonds is 3.